The van der Waals surface area contributed by atoms with Crippen molar-refractivity contribution in [1.29, 1.82) is 0 Å². The second-order valence-corrected chi connectivity index (χ2v) is 4.02. The molecular formula is C11H24N2O2. The Morgan fingerprint density at radius 3 is 2.67 bits per heavy atom. The van der Waals surface area contributed by atoms with E-state index in [0.29, 0.717) is 13.1 Å². The van der Waals surface area contributed by atoms with Crippen LogP contribution in [0.4, 0.5) is 0 Å². The standard InChI is InChI=1S/C11H24N2O2/c1-3-5-10(14)8-13-11(15)9(2)6-4-7-12/h9-10,14H,3-8,12H2,1-2H3,(H,13,15). The van der Waals surface area contributed by atoms with Gasteiger partial charge in [-0.2, -0.15) is 0 Å². The summed E-state index contributed by atoms with van der Waals surface area (Å²) < 4.78 is 0. The van der Waals surface area contributed by atoms with Crippen molar-refractivity contribution < 1.29 is 9.90 Å². The SMILES string of the molecule is CCCC(O)CNC(=O)C(C)CCCN. The normalized spacial score (nSPS) is 14.7. The van der Waals surface area contributed by atoms with Gasteiger partial charge in [0.05, 0.1) is 6.10 Å². The first-order valence-corrected chi connectivity index (χ1v) is 5.77. The number of carbonyl (C=O) groups excluding carboxylic acids is 1. The molecule has 0 aliphatic heterocycles. The highest BCUT2D eigenvalue weighted by atomic mass is 16.3. The van der Waals surface area contributed by atoms with E-state index < -0.39 is 6.10 Å². The highest BCUT2D eigenvalue weighted by molar-refractivity contribution is 5.78. The van der Waals surface area contributed by atoms with Crippen LogP contribution >= 0.6 is 0 Å². The van der Waals surface area contributed by atoms with E-state index in [1.807, 2.05) is 13.8 Å². The minimum absolute atomic E-state index is 0.0117. The van der Waals surface area contributed by atoms with Gasteiger partial charge in [-0.3, -0.25) is 4.79 Å². The number of aliphatic hydroxyl groups excluding tert-OH is 1. The lowest BCUT2D eigenvalue weighted by molar-refractivity contribution is -0.125. The highest BCUT2D eigenvalue weighted by Gasteiger charge is 2.12. The van der Waals surface area contributed by atoms with E-state index in [-0.39, 0.29) is 11.8 Å². The van der Waals surface area contributed by atoms with Crippen LogP contribution in [-0.2, 0) is 4.79 Å². The van der Waals surface area contributed by atoms with Crippen molar-refractivity contribution in [2.75, 3.05) is 13.1 Å². The van der Waals surface area contributed by atoms with Gasteiger partial charge >= 0.3 is 0 Å². The molecule has 15 heavy (non-hydrogen) atoms. The lowest BCUT2D eigenvalue weighted by atomic mass is 10.0. The van der Waals surface area contributed by atoms with Crippen LogP contribution in [0.25, 0.3) is 0 Å². The molecule has 2 unspecified atom stereocenters. The Hall–Kier alpha value is -0.610. The van der Waals surface area contributed by atoms with E-state index in [2.05, 4.69) is 5.32 Å². The second kappa shape index (κ2) is 8.68. The molecule has 2 atom stereocenters. The van der Waals surface area contributed by atoms with Gasteiger partial charge < -0.3 is 16.2 Å². The number of rotatable bonds is 8. The summed E-state index contributed by atoms with van der Waals surface area (Å²) in [6, 6.07) is 0. The summed E-state index contributed by atoms with van der Waals surface area (Å²) in [6.07, 6.45) is 2.93. The van der Waals surface area contributed by atoms with Crippen molar-refractivity contribution in [3.05, 3.63) is 0 Å². The summed E-state index contributed by atoms with van der Waals surface area (Å²) in [5.74, 6) is 0.000907. The molecule has 0 fully saturated rings. The van der Waals surface area contributed by atoms with E-state index in [0.717, 1.165) is 25.7 Å². The van der Waals surface area contributed by atoms with E-state index in [1.165, 1.54) is 0 Å². The maximum Gasteiger partial charge on any atom is 0.222 e. The van der Waals surface area contributed by atoms with Crippen LogP contribution < -0.4 is 11.1 Å². The molecule has 0 saturated carbocycles. The molecular weight excluding hydrogens is 192 g/mol. The number of nitrogens with one attached hydrogen (secondary N) is 1. The molecule has 4 N–H and O–H groups in total. The third-order valence-corrected chi connectivity index (χ3v) is 2.42. The summed E-state index contributed by atoms with van der Waals surface area (Å²) in [4.78, 5) is 11.5. The third kappa shape index (κ3) is 7.33. The van der Waals surface area contributed by atoms with Gasteiger partial charge in [-0.25, -0.2) is 0 Å². The van der Waals surface area contributed by atoms with Crippen LogP contribution in [0, 0.1) is 5.92 Å². The first-order valence-electron chi connectivity index (χ1n) is 5.77. The average Bonchev–Trinajstić information content (AvgIpc) is 2.22. The van der Waals surface area contributed by atoms with Gasteiger partial charge in [-0.15, -0.1) is 0 Å². The van der Waals surface area contributed by atoms with Crippen molar-refractivity contribution in [1.82, 2.24) is 5.32 Å². The first kappa shape index (κ1) is 14.4. The monoisotopic (exact) mass is 216 g/mol. The number of hydrogen-bond donors (Lipinski definition) is 3. The molecule has 0 heterocycles. The Morgan fingerprint density at radius 1 is 1.47 bits per heavy atom. The largest absolute Gasteiger partial charge is 0.391 e. The summed E-state index contributed by atoms with van der Waals surface area (Å²) in [5.41, 5.74) is 5.37. The van der Waals surface area contributed by atoms with Crippen LogP contribution in [-0.4, -0.2) is 30.2 Å². The number of aliphatic hydroxyl groups is 1. The fourth-order valence-corrected chi connectivity index (χ4v) is 1.38. The van der Waals surface area contributed by atoms with E-state index >= 15 is 0 Å². The van der Waals surface area contributed by atoms with Crippen LogP contribution in [0.2, 0.25) is 0 Å². The second-order valence-electron chi connectivity index (χ2n) is 4.02. The van der Waals surface area contributed by atoms with Gasteiger partial charge in [-0.05, 0) is 25.8 Å². The fourth-order valence-electron chi connectivity index (χ4n) is 1.38. The number of carbonyl (C=O) groups is 1. The van der Waals surface area contributed by atoms with Crippen LogP contribution in [0.3, 0.4) is 0 Å². The summed E-state index contributed by atoms with van der Waals surface area (Å²) in [6.45, 7) is 4.88. The minimum atomic E-state index is -0.416. The van der Waals surface area contributed by atoms with Gasteiger partial charge in [0.15, 0.2) is 0 Å². The Balaban J connectivity index is 3.63. The van der Waals surface area contributed by atoms with Crippen LogP contribution in [0.1, 0.15) is 39.5 Å². The molecule has 0 saturated heterocycles. The topological polar surface area (TPSA) is 75.3 Å². The average molecular weight is 216 g/mol. The predicted molar refractivity (Wildman–Crippen MR) is 61.4 cm³/mol. The van der Waals surface area contributed by atoms with Gasteiger partial charge in [0.2, 0.25) is 5.91 Å². The zero-order valence-electron chi connectivity index (χ0n) is 9.83. The van der Waals surface area contributed by atoms with Crippen molar-refractivity contribution in [2.24, 2.45) is 11.7 Å². The molecule has 0 aliphatic carbocycles. The van der Waals surface area contributed by atoms with Crippen molar-refractivity contribution in [3.8, 4) is 0 Å². The molecule has 4 heteroatoms. The van der Waals surface area contributed by atoms with E-state index in [4.69, 9.17) is 5.73 Å². The molecule has 0 bridgehead atoms. The number of amides is 1. The Morgan fingerprint density at radius 2 is 2.13 bits per heavy atom. The molecule has 0 rings (SSSR count). The zero-order chi connectivity index (χ0) is 11.7. The molecule has 1 amide bonds. The lowest BCUT2D eigenvalue weighted by Crippen LogP contribution is -2.35. The summed E-state index contributed by atoms with van der Waals surface area (Å²) in [7, 11) is 0. The minimum Gasteiger partial charge on any atom is -0.391 e. The van der Waals surface area contributed by atoms with Crippen LogP contribution in [0.15, 0.2) is 0 Å². The smallest absolute Gasteiger partial charge is 0.222 e. The Labute approximate surface area is 92.2 Å². The fraction of sp³-hybridized carbons (Fsp3) is 0.909. The van der Waals surface area contributed by atoms with Gasteiger partial charge in [-0.1, -0.05) is 20.3 Å². The molecule has 90 valence electrons. The van der Waals surface area contributed by atoms with Gasteiger partial charge in [0.25, 0.3) is 0 Å². The van der Waals surface area contributed by atoms with E-state index in [9.17, 15) is 9.90 Å². The third-order valence-electron chi connectivity index (χ3n) is 2.42. The Bertz CT molecular complexity index is 174. The quantitative estimate of drug-likeness (QED) is 0.557. The first-order chi connectivity index (χ1) is 7.11. The molecule has 0 aliphatic rings. The predicted octanol–water partition coefficient (Wildman–Crippen LogP) is 0.639. The van der Waals surface area contributed by atoms with Crippen molar-refractivity contribution in [3.63, 3.8) is 0 Å². The molecule has 0 aromatic carbocycles. The van der Waals surface area contributed by atoms with Crippen molar-refractivity contribution in [2.45, 2.75) is 45.6 Å². The lowest BCUT2D eigenvalue weighted by Gasteiger charge is -2.14. The van der Waals surface area contributed by atoms with E-state index in [1.54, 1.807) is 0 Å². The van der Waals surface area contributed by atoms with Crippen LogP contribution in [0.5, 0.6) is 0 Å². The highest BCUT2D eigenvalue weighted by Crippen LogP contribution is 2.04. The maximum atomic E-state index is 11.5. The zero-order valence-corrected chi connectivity index (χ0v) is 9.83. The molecule has 0 aromatic rings. The molecule has 0 spiro atoms. The Kier molecular flexibility index (Phi) is 8.33. The summed E-state index contributed by atoms with van der Waals surface area (Å²) in [5, 5.41) is 12.2. The number of hydrogen-bond acceptors (Lipinski definition) is 3. The maximum absolute atomic E-state index is 11.5. The molecule has 4 nitrogen and oxygen atoms in total. The summed E-state index contributed by atoms with van der Waals surface area (Å²) >= 11 is 0. The molecule has 0 radical (unpaired) electrons. The van der Waals surface area contributed by atoms with Crippen molar-refractivity contribution >= 4 is 5.91 Å². The van der Waals surface area contributed by atoms with Gasteiger partial charge in [0, 0.05) is 12.5 Å². The number of nitrogens with two attached hydrogens (primary N) is 1. The van der Waals surface area contributed by atoms with Gasteiger partial charge in [0.1, 0.15) is 0 Å². The molecule has 0 aromatic heterocycles.